The SMILES string of the molecule is Cc1ccc(C)c(-c2csc(NC(=O)c3ccc(Br)cc3)n2)c1. The van der Waals surface area contributed by atoms with Crippen molar-refractivity contribution in [2.45, 2.75) is 13.8 Å². The van der Waals surface area contributed by atoms with E-state index in [-0.39, 0.29) is 5.91 Å². The number of hydrogen-bond acceptors (Lipinski definition) is 3. The summed E-state index contributed by atoms with van der Waals surface area (Å²) in [6, 6.07) is 13.5. The Morgan fingerprint density at radius 1 is 1.13 bits per heavy atom. The smallest absolute Gasteiger partial charge is 0.257 e. The van der Waals surface area contributed by atoms with Gasteiger partial charge in [0.15, 0.2) is 5.13 Å². The van der Waals surface area contributed by atoms with Crippen molar-refractivity contribution in [2.24, 2.45) is 0 Å². The average Bonchev–Trinajstić information content (AvgIpc) is 2.98. The summed E-state index contributed by atoms with van der Waals surface area (Å²) < 4.78 is 0.945. The molecule has 0 aliphatic rings. The molecule has 116 valence electrons. The molecular formula is C18H15BrN2OS. The fourth-order valence-electron chi connectivity index (χ4n) is 2.24. The van der Waals surface area contributed by atoms with Crippen LogP contribution in [0.4, 0.5) is 5.13 Å². The van der Waals surface area contributed by atoms with Gasteiger partial charge in [-0.25, -0.2) is 4.98 Å². The number of carbonyl (C=O) groups is 1. The topological polar surface area (TPSA) is 42.0 Å². The number of nitrogens with zero attached hydrogens (tertiary/aromatic N) is 1. The first kappa shape index (κ1) is 15.9. The monoisotopic (exact) mass is 386 g/mol. The van der Waals surface area contributed by atoms with E-state index in [1.807, 2.05) is 17.5 Å². The van der Waals surface area contributed by atoms with Crippen LogP contribution in [0.3, 0.4) is 0 Å². The van der Waals surface area contributed by atoms with Crippen LogP contribution in [0, 0.1) is 13.8 Å². The molecule has 0 aliphatic carbocycles. The number of rotatable bonds is 3. The number of amides is 1. The maximum atomic E-state index is 12.2. The lowest BCUT2D eigenvalue weighted by Crippen LogP contribution is -2.11. The van der Waals surface area contributed by atoms with Crippen LogP contribution in [0.25, 0.3) is 11.3 Å². The summed E-state index contributed by atoms with van der Waals surface area (Å²) in [5.41, 5.74) is 4.97. The Hall–Kier alpha value is -1.98. The molecule has 1 heterocycles. The molecule has 1 aromatic heterocycles. The number of thiazole rings is 1. The van der Waals surface area contributed by atoms with Gasteiger partial charge in [0, 0.05) is 21.0 Å². The Bertz CT molecular complexity index is 856. The average molecular weight is 387 g/mol. The standard InChI is InChI=1S/C18H15BrN2OS/c1-11-3-4-12(2)15(9-11)16-10-23-18(20-16)21-17(22)13-5-7-14(19)8-6-13/h3-10H,1-2H3,(H,20,21,22). The maximum Gasteiger partial charge on any atom is 0.257 e. The molecule has 3 nitrogen and oxygen atoms in total. The maximum absolute atomic E-state index is 12.2. The molecule has 2 aromatic carbocycles. The molecule has 0 saturated heterocycles. The minimum Gasteiger partial charge on any atom is -0.298 e. The molecule has 1 N–H and O–H groups in total. The lowest BCUT2D eigenvalue weighted by Gasteiger charge is -2.04. The van der Waals surface area contributed by atoms with Crippen molar-refractivity contribution in [1.29, 1.82) is 0 Å². The highest BCUT2D eigenvalue weighted by atomic mass is 79.9. The Balaban J connectivity index is 1.81. The number of carbonyl (C=O) groups excluding carboxylic acids is 1. The van der Waals surface area contributed by atoms with Gasteiger partial charge in [0.25, 0.3) is 5.91 Å². The van der Waals surface area contributed by atoms with Crippen LogP contribution >= 0.6 is 27.3 Å². The summed E-state index contributed by atoms with van der Waals surface area (Å²) in [6.45, 7) is 4.12. The van der Waals surface area contributed by atoms with Gasteiger partial charge in [-0.15, -0.1) is 11.3 Å². The second kappa shape index (κ2) is 6.64. The van der Waals surface area contributed by atoms with Crippen LogP contribution in [-0.4, -0.2) is 10.9 Å². The third-order valence-corrected chi connectivity index (χ3v) is 4.79. The van der Waals surface area contributed by atoms with E-state index in [2.05, 4.69) is 58.3 Å². The van der Waals surface area contributed by atoms with Crippen molar-refractivity contribution < 1.29 is 4.79 Å². The number of aromatic nitrogens is 1. The zero-order valence-electron chi connectivity index (χ0n) is 12.8. The minimum absolute atomic E-state index is 0.153. The summed E-state index contributed by atoms with van der Waals surface area (Å²) in [5.74, 6) is -0.153. The van der Waals surface area contributed by atoms with E-state index in [0.29, 0.717) is 10.7 Å². The summed E-state index contributed by atoms with van der Waals surface area (Å²) >= 11 is 4.79. The third kappa shape index (κ3) is 3.68. The van der Waals surface area contributed by atoms with Gasteiger partial charge in [0.05, 0.1) is 5.69 Å². The molecule has 0 radical (unpaired) electrons. The van der Waals surface area contributed by atoms with Gasteiger partial charge in [-0.2, -0.15) is 0 Å². The normalized spacial score (nSPS) is 10.6. The first-order chi connectivity index (χ1) is 11.0. The molecule has 0 aliphatic heterocycles. The predicted octanol–water partition coefficient (Wildman–Crippen LogP) is 5.44. The highest BCUT2D eigenvalue weighted by Crippen LogP contribution is 2.28. The lowest BCUT2D eigenvalue weighted by molar-refractivity contribution is 0.102. The van der Waals surface area contributed by atoms with Crippen LogP contribution in [0.15, 0.2) is 52.3 Å². The number of halogens is 1. The highest BCUT2D eigenvalue weighted by molar-refractivity contribution is 9.10. The van der Waals surface area contributed by atoms with E-state index in [1.165, 1.54) is 22.5 Å². The number of nitrogens with one attached hydrogen (secondary N) is 1. The van der Waals surface area contributed by atoms with Gasteiger partial charge in [-0.1, -0.05) is 33.6 Å². The molecule has 0 spiro atoms. The first-order valence-corrected chi connectivity index (χ1v) is 8.80. The molecule has 1 amide bonds. The van der Waals surface area contributed by atoms with Crippen molar-refractivity contribution >= 4 is 38.3 Å². The number of anilines is 1. The number of benzene rings is 2. The second-order valence-corrected chi connectivity index (χ2v) is 7.09. The van der Waals surface area contributed by atoms with Crippen molar-refractivity contribution in [3.63, 3.8) is 0 Å². The van der Waals surface area contributed by atoms with E-state index in [0.717, 1.165) is 15.7 Å². The zero-order chi connectivity index (χ0) is 16.4. The molecule has 0 saturated carbocycles. The van der Waals surface area contributed by atoms with Crippen molar-refractivity contribution in [2.75, 3.05) is 5.32 Å². The van der Waals surface area contributed by atoms with Crippen LogP contribution in [0.5, 0.6) is 0 Å². The van der Waals surface area contributed by atoms with E-state index in [1.54, 1.807) is 12.1 Å². The largest absolute Gasteiger partial charge is 0.298 e. The fourth-order valence-corrected chi connectivity index (χ4v) is 3.21. The number of aryl methyl sites for hydroxylation is 2. The molecule has 0 unspecified atom stereocenters. The third-order valence-electron chi connectivity index (χ3n) is 3.50. The number of hydrogen-bond donors (Lipinski definition) is 1. The van der Waals surface area contributed by atoms with Crippen LogP contribution < -0.4 is 5.32 Å². The Labute approximate surface area is 147 Å². The van der Waals surface area contributed by atoms with Gasteiger partial charge >= 0.3 is 0 Å². The second-order valence-electron chi connectivity index (χ2n) is 5.32. The summed E-state index contributed by atoms with van der Waals surface area (Å²) in [6.07, 6.45) is 0. The van der Waals surface area contributed by atoms with Crippen LogP contribution in [-0.2, 0) is 0 Å². The molecule has 0 fully saturated rings. The van der Waals surface area contributed by atoms with Gasteiger partial charge in [0.1, 0.15) is 0 Å². The van der Waals surface area contributed by atoms with E-state index < -0.39 is 0 Å². The summed E-state index contributed by atoms with van der Waals surface area (Å²) in [7, 11) is 0. The van der Waals surface area contributed by atoms with Gasteiger partial charge in [0.2, 0.25) is 0 Å². The molecule has 23 heavy (non-hydrogen) atoms. The lowest BCUT2D eigenvalue weighted by atomic mass is 10.0. The van der Waals surface area contributed by atoms with Crippen LogP contribution in [0.2, 0.25) is 0 Å². The summed E-state index contributed by atoms with van der Waals surface area (Å²) in [5, 5.41) is 5.43. The highest BCUT2D eigenvalue weighted by Gasteiger charge is 2.11. The Morgan fingerprint density at radius 2 is 1.87 bits per heavy atom. The van der Waals surface area contributed by atoms with E-state index >= 15 is 0 Å². The van der Waals surface area contributed by atoms with Crippen LogP contribution in [0.1, 0.15) is 21.5 Å². The summed E-state index contributed by atoms with van der Waals surface area (Å²) in [4.78, 5) is 16.8. The molecule has 5 heteroatoms. The van der Waals surface area contributed by atoms with E-state index in [4.69, 9.17) is 0 Å². The predicted molar refractivity (Wildman–Crippen MR) is 99.1 cm³/mol. The van der Waals surface area contributed by atoms with Crippen molar-refractivity contribution in [3.05, 3.63) is 69.0 Å². The Kier molecular flexibility index (Phi) is 4.59. The van der Waals surface area contributed by atoms with Gasteiger partial charge in [-0.3, -0.25) is 10.1 Å². The van der Waals surface area contributed by atoms with Crippen molar-refractivity contribution in [1.82, 2.24) is 4.98 Å². The quantitative estimate of drug-likeness (QED) is 0.650. The van der Waals surface area contributed by atoms with Crippen molar-refractivity contribution in [3.8, 4) is 11.3 Å². The minimum atomic E-state index is -0.153. The van der Waals surface area contributed by atoms with Gasteiger partial charge < -0.3 is 0 Å². The molecule has 0 atom stereocenters. The van der Waals surface area contributed by atoms with E-state index in [9.17, 15) is 4.79 Å². The molecule has 0 bridgehead atoms. The fraction of sp³-hybridized carbons (Fsp3) is 0.111. The Morgan fingerprint density at radius 3 is 2.61 bits per heavy atom. The molecular weight excluding hydrogens is 372 g/mol. The first-order valence-electron chi connectivity index (χ1n) is 7.13. The molecule has 3 rings (SSSR count). The molecule has 3 aromatic rings. The van der Waals surface area contributed by atoms with Gasteiger partial charge in [-0.05, 0) is 49.7 Å². The zero-order valence-corrected chi connectivity index (χ0v) is 15.2.